The fraction of sp³-hybridized carbons (Fsp3) is 0.200. The summed E-state index contributed by atoms with van der Waals surface area (Å²) in [5.74, 6) is 0. The molecule has 0 aliphatic rings. The van der Waals surface area contributed by atoms with E-state index in [0.29, 0.717) is 6.29 Å². The van der Waals surface area contributed by atoms with E-state index in [2.05, 4.69) is 0 Å². The average molecular weight is 130 g/mol. The number of carbonyl (C=O) groups excluding carboxylic acids is 2. The zero-order valence-corrected chi connectivity index (χ0v) is 5.27. The number of hydrogen-bond donors (Lipinski definition) is 0. The van der Waals surface area contributed by atoms with Gasteiger partial charge in [0.15, 0.2) is 5.12 Å². The van der Waals surface area contributed by atoms with Crippen molar-refractivity contribution in [3.63, 3.8) is 0 Å². The van der Waals surface area contributed by atoms with Crippen molar-refractivity contribution >= 4 is 23.2 Å². The number of thioether (sulfide) groups is 1. The third-order valence-electron chi connectivity index (χ3n) is 0.391. The molecule has 0 saturated heterocycles. The molecule has 0 heterocycles. The van der Waals surface area contributed by atoms with E-state index in [9.17, 15) is 9.59 Å². The molecule has 8 heavy (non-hydrogen) atoms. The van der Waals surface area contributed by atoms with Crippen LogP contribution in [0.1, 0.15) is 6.92 Å². The maximum absolute atomic E-state index is 10.1. The first-order valence-electron chi connectivity index (χ1n) is 2.05. The van der Waals surface area contributed by atoms with E-state index in [1.807, 2.05) is 0 Å². The standard InChI is InChI=1S/C5H6O2S/c1-5(7)8-4-2-3-6/h2-4H,1H3/b4-2+. The molecule has 0 aromatic carbocycles. The van der Waals surface area contributed by atoms with Crippen molar-refractivity contribution in [3.05, 3.63) is 11.5 Å². The Morgan fingerprint density at radius 3 is 2.62 bits per heavy atom. The Kier molecular flexibility index (Phi) is 4.26. The monoisotopic (exact) mass is 130 g/mol. The van der Waals surface area contributed by atoms with Crippen molar-refractivity contribution in [2.75, 3.05) is 0 Å². The van der Waals surface area contributed by atoms with Crippen LogP contribution in [0, 0.1) is 0 Å². The molecule has 44 valence electrons. The van der Waals surface area contributed by atoms with E-state index in [4.69, 9.17) is 0 Å². The van der Waals surface area contributed by atoms with E-state index < -0.39 is 0 Å². The van der Waals surface area contributed by atoms with Gasteiger partial charge in [-0.3, -0.25) is 9.59 Å². The molecule has 0 atom stereocenters. The highest BCUT2D eigenvalue weighted by Gasteiger charge is 1.83. The van der Waals surface area contributed by atoms with Crippen LogP contribution in [-0.4, -0.2) is 11.4 Å². The first-order valence-corrected chi connectivity index (χ1v) is 2.93. The zero-order valence-electron chi connectivity index (χ0n) is 4.46. The summed E-state index contributed by atoms with van der Waals surface area (Å²) in [7, 11) is 0. The summed E-state index contributed by atoms with van der Waals surface area (Å²) in [6.45, 7) is 1.44. The first-order chi connectivity index (χ1) is 3.77. The molecule has 0 fully saturated rings. The van der Waals surface area contributed by atoms with Gasteiger partial charge in [-0.1, -0.05) is 11.8 Å². The number of aldehydes is 1. The van der Waals surface area contributed by atoms with E-state index in [1.54, 1.807) is 0 Å². The van der Waals surface area contributed by atoms with Crippen LogP contribution in [-0.2, 0) is 9.59 Å². The second kappa shape index (κ2) is 4.59. The lowest BCUT2D eigenvalue weighted by molar-refractivity contribution is -0.109. The van der Waals surface area contributed by atoms with Gasteiger partial charge in [-0.25, -0.2) is 0 Å². The van der Waals surface area contributed by atoms with Crippen LogP contribution in [0.25, 0.3) is 0 Å². The van der Waals surface area contributed by atoms with Crippen molar-refractivity contribution in [1.29, 1.82) is 0 Å². The van der Waals surface area contributed by atoms with Gasteiger partial charge in [-0.2, -0.15) is 0 Å². The Morgan fingerprint density at radius 2 is 2.25 bits per heavy atom. The molecule has 0 aliphatic heterocycles. The van der Waals surface area contributed by atoms with Gasteiger partial charge in [0.05, 0.1) is 0 Å². The predicted octanol–water partition coefficient (Wildman–Crippen LogP) is 0.979. The highest BCUT2D eigenvalue weighted by Crippen LogP contribution is 2.00. The molecule has 0 aliphatic carbocycles. The lowest BCUT2D eigenvalue weighted by Gasteiger charge is -1.77. The van der Waals surface area contributed by atoms with Gasteiger partial charge in [0.1, 0.15) is 6.29 Å². The highest BCUT2D eigenvalue weighted by molar-refractivity contribution is 8.16. The summed E-state index contributed by atoms with van der Waals surface area (Å²) < 4.78 is 0. The van der Waals surface area contributed by atoms with E-state index in [1.165, 1.54) is 18.4 Å². The van der Waals surface area contributed by atoms with Crippen molar-refractivity contribution < 1.29 is 9.59 Å². The predicted molar refractivity (Wildman–Crippen MR) is 33.5 cm³/mol. The summed E-state index contributed by atoms with van der Waals surface area (Å²) in [6.07, 6.45) is 1.92. The van der Waals surface area contributed by atoms with Crippen molar-refractivity contribution in [2.24, 2.45) is 0 Å². The van der Waals surface area contributed by atoms with Crippen LogP contribution >= 0.6 is 11.8 Å². The lowest BCUT2D eigenvalue weighted by Crippen LogP contribution is -1.73. The number of carbonyl (C=O) groups is 2. The summed E-state index contributed by atoms with van der Waals surface area (Å²) >= 11 is 1.01. The molecule has 0 saturated carbocycles. The van der Waals surface area contributed by atoms with E-state index >= 15 is 0 Å². The number of rotatable bonds is 2. The summed E-state index contributed by atoms with van der Waals surface area (Å²) in [5.41, 5.74) is 0. The number of hydrogen-bond acceptors (Lipinski definition) is 3. The Labute approximate surface area is 52.0 Å². The lowest BCUT2D eigenvalue weighted by atomic mass is 10.7. The average Bonchev–Trinajstić information content (AvgIpc) is 1.66. The minimum Gasteiger partial charge on any atom is -0.299 e. The van der Waals surface area contributed by atoms with E-state index in [-0.39, 0.29) is 5.12 Å². The molecule has 0 spiro atoms. The van der Waals surface area contributed by atoms with Gasteiger partial charge in [0.2, 0.25) is 0 Å². The molecule has 0 bridgehead atoms. The van der Waals surface area contributed by atoms with Gasteiger partial charge < -0.3 is 0 Å². The zero-order chi connectivity index (χ0) is 6.41. The Balaban J connectivity index is 3.29. The van der Waals surface area contributed by atoms with Crippen LogP contribution in [0.15, 0.2) is 11.5 Å². The quantitative estimate of drug-likeness (QED) is 0.412. The smallest absolute Gasteiger partial charge is 0.190 e. The van der Waals surface area contributed by atoms with Crippen LogP contribution in [0.2, 0.25) is 0 Å². The van der Waals surface area contributed by atoms with Crippen molar-refractivity contribution in [2.45, 2.75) is 6.92 Å². The molecule has 3 heteroatoms. The molecule has 0 N–H and O–H groups in total. The Hall–Kier alpha value is -0.570. The van der Waals surface area contributed by atoms with Crippen LogP contribution in [0.5, 0.6) is 0 Å². The second-order valence-corrected chi connectivity index (χ2v) is 2.16. The van der Waals surface area contributed by atoms with Gasteiger partial charge in [-0.15, -0.1) is 0 Å². The summed E-state index contributed by atoms with van der Waals surface area (Å²) in [6, 6.07) is 0. The minimum atomic E-state index is -0.0110. The molecule has 0 aromatic rings. The number of allylic oxidation sites excluding steroid dienone is 1. The molecule has 0 radical (unpaired) electrons. The van der Waals surface area contributed by atoms with E-state index in [0.717, 1.165) is 11.8 Å². The van der Waals surface area contributed by atoms with Crippen LogP contribution < -0.4 is 0 Å². The first kappa shape index (κ1) is 7.43. The Morgan fingerprint density at radius 1 is 1.62 bits per heavy atom. The molecule has 2 nitrogen and oxygen atoms in total. The van der Waals surface area contributed by atoms with Gasteiger partial charge in [-0.05, 0) is 11.5 Å². The maximum Gasteiger partial charge on any atom is 0.190 e. The van der Waals surface area contributed by atoms with Crippen LogP contribution in [0.4, 0.5) is 0 Å². The minimum absolute atomic E-state index is 0.0110. The van der Waals surface area contributed by atoms with Gasteiger partial charge >= 0.3 is 0 Å². The fourth-order valence-corrected chi connectivity index (χ4v) is 0.502. The van der Waals surface area contributed by atoms with Gasteiger partial charge in [0.25, 0.3) is 0 Å². The third-order valence-corrected chi connectivity index (χ3v) is 1.02. The topological polar surface area (TPSA) is 34.1 Å². The maximum atomic E-state index is 10.1. The fourth-order valence-electron chi connectivity index (χ4n) is 0.167. The SMILES string of the molecule is CC(=O)S/C=C/C=O. The molecule has 0 aromatic heterocycles. The van der Waals surface area contributed by atoms with Crippen molar-refractivity contribution in [3.8, 4) is 0 Å². The van der Waals surface area contributed by atoms with Crippen molar-refractivity contribution in [1.82, 2.24) is 0 Å². The normalized spacial score (nSPS) is 9.62. The second-order valence-electron chi connectivity index (χ2n) is 1.07. The Bertz CT molecular complexity index is 118. The molecular formula is C5H6O2S. The summed E-state index contributed by atoms with van der Waals surface area (Å²) in [4.78, 5) is 19.7. The third kappa shape index (κ3) is 5.43. The molecule has 0 unspecified atom stereocenters. The highest BCUT2D eigenvalue weighted by atomic mass is 32.2. The largest absolute Gasteiger partial charge is 0.299 e. The molecule has 0 amide bonds. The van der Waals surface area contributed by atoms with Crippen LogP contribution in [0.3, 0.4) is 0 Å². The molecule has 0 rings (SSSR count). The molecular weight excluding hydrogens is 124 g/mol. The van der Waals surface area contributed by atoms with Gasteiger partial charge in [0, 0.05) is 6.92 Å². The summed E-state index contributed by atoms with van der Waals surface area (Å²) in [5, 5.41) is 1.44.